The van der Waals surface area contributed by atoms with Crippen LogP contribution in [0.15, 0.2) is 11.0 Å². The fourth-order valence-corrected chi connectivity index (χ4v) is 5.87. The Balaban J connectivity index is 1.53. The standard InChI is InChI=1S/C26H37NO6S/c1-14-6-5-7-19-21(32-19)11-20(15(2)10-18-13-34-17(4)27-18)33-23(29)12-22(28)26(8-9-26)25(31)16(3)24(14)30/h10,13-14,16,19-22,24,28,30H,5-9,11-12H2,1-4H3/b15-10+/t14-,16+,19-,20-,21-,22-,24-/m0/s1. The number of hydrogen-bond acceptors (Lipinski definition) is 8. The van der Waals surface area contributed by atoms with E-state index in [-0.39, 0.29) is 30.3 Å². The fraction of sp³-hybridized carbons (Fsp3) is 0.731. The molecule has 0 radical (unpaired) electrons. The number of ether oxygens (including phenoxy) is 2. The number of rotatable bonds is 2. The maximum absolute atomic E-state index is 13.2. The molecule has 4 rings (SSSR count). The summed E-state index contributed by atoms with van der Waals surface area (Å²) in [7, 11) is 0. The van der Waals surface area contributed by atoms with Gasteiger partial charge in [0.2, 0.25) is 0 Å². The summed E-state index contributed by atoms with van der Waals surface area (Å²) in [5.41, 5.74) is 0.769. The number of aliphatic hydroxyl groups is 2. The fourth-order valence-electron chi connectivity index (χ4n) is 5.30. The number of aryl methyl sites for hydroxylation is 1. The number of carbonyl (C=O) groups excluding carboxylic acids is 2. The molecule has 1 aromatic heterocycles. The molecule has 3 heterocycles. The van der Waals surface area contributed by atoms with Crippen molar-refractivity contribution in [1.82, 2.24) is 4.98 Å². The van der Waals surface area contributed by atoms with Crippen molar-refractivity contribution in [2.24, 2.45) is 17.3 Å². The third kappa shape index (κ3) is 5.61. The smallest absolute Gasteiger partial charge is 0.309 e. The van der Waals surface area contributed by atoms with Gasteiger partial charge in [0.05, 0.1) is 47.0 Å². The van der Waals surface area contributed by atoms with Crippen LogP contribution in [0.4, 0.5) is 0 Å². The minimum absolute atomic E-state index is 0.0201. The van der Waals surface area contributed by atoms with Gasteiger partial charge in [0.15, 0.2) is 0 Å². The number of ketones is 1. The van der Waals surface area contributed by atoms with Crippen molar-refractivity contribution in [3.8, 4) is 0 Å². The zero-order valence-corrected chi connectivity index (χ0v) is 21.3. The van der Waals surface area contributed by atoms with Crippen molar-refractivity contribution < 1.29 is 29.3 Å². The van der Waals surface area contributed by atoms with E-state index in [0.29, 0.717) is 19.3 Å². The second kappa shape index (κ2) is 10.2. The molecular formula is C26H37NO6S. The van der Waals surface area contributed by atoms with E-state index in [0.717, 1.165) is 35.5 Å². The molecule has 0 aromatic carbocycles. The van der Waals surface area contributed by atoms with Crippen LogP contribution in [-0.4, -0.2) is 57.5 Å². The molecule has 3 aliphatic rings. The van der Waals surface area contributed by atoms with Gasteiger partial charge in [0.25, 0.3) is 0 Å². The van der Waals surface area contributed by atoms with Gasteiger partial charge in [0, 0.05) is 17.7 Å². The molecule has 1 saturated carbocycles. The van der Waals surface area contributed by atoms with Gasteiger partial charge in [-0.2, -0.15) is 0 Å². The van der Waals surface area contributed by atoms with Crippen molar-refractivity contribution in [1.29, 1.82) is 0 Å². The van der Waals surface area contributed by atoms with Gasteiger partial charge >= 0.3 is 5.97 Å². The van der Waals surface area contributed by atoms with E-state index in [2.05, 4.69) is 4.98 Å². The summed E-state index contributed by atoms with van der Waals surface area (Å²) >= 11 is 1.57. The Kier molecular flexibility index (Phi) is 7.62. The van der Waals surface area contributed by atoms with Crippen LogP contribution >= 0.6 is 11.3 Å². The molecule has 0 unspecified atom stereocenters. The van der Waals surface area contributed by atoms with Crippen molar-refractivity contribution in [2.45, 2.75) is 103 Å². The lowest BCUT2D eigenvalue weighted by atomic mass is 9.79. The van der Waals surface area contributed by atoms with E-state index in [1.165, 1.54) is 0 Å². The highest BCUT2D eigenvalue weighted by Crippen LogP contribution is 2.52. The number of epoxide rings is 1. The molecule has 3 fully saturated rings. The Hall–Kier alpha value is -1.61. The van der Waals surface area contributed by atoms with Gasteiger partial charge in [-0.15, -0.1) is 11.3 Å². The molecule has 7 atom stereocenters. The number of thiazole rings is 1. The quantitative estimate of drug-likeness (QED) is 0.478. The first-order valence-corrected chi connectivity index (χ1v) is 13.3. The summed E-state index contributed by atoms with van der Waals surface area (Å²) in [6.45, 7) is 7.58. The molecule has 1 aliphatic carbocycles. The van der Waals surface area contributed by atoms with E-state index in [1.807, 2.05) is 32.2 Å². The third-order valence-electron chi connectivity index (χ3n) is 7.86. The second-order valence-electron chi connectivity index (χ2n) is 10.5. The molecule has 2 saturated heterocycles. The number of Topliss-reactive ketones (excluding diaryl/α,β-unsaturated/α-hetero) is 1. The summed E-state index contributed by atoms with van der Waals surface area (Å²) in [6.07, 6.45) is 3.69. The SMILES string of the molecule is C/C(=C\c1csc(C)n1)[C@@H]1C[C@@H]2O[C@H]2CCC[C@H](C)[C@H](O)[C@@H](C)C(=O)C2(CC2)[C@@H](O)CC(=O)O1. The second-order valence-corrected chi connectivity index (χ2v) is 11.6. The van der Waals surface area contributed by atoms with Crippen molar-refractivity contribution >= 4 is 29.2 Å². The van der Waals surface area contributed by atoms with E-state index in [9.17, 15) is 19.8 Å². The number of esters is 1. The third-order valence-corrected chi connectivity index (χ3v) is 8.65. The molecule has 188 valence electrons. The Morgan fingerprint density at radius 1 is 1.21 bits per heavy atom. The van der Waals surface area contributed by atoms with Gasteiger partial charge in [-0.05, 0) is 57.1 Å². The Bertz CT molecular complexity index is 937. The predicted molar refractivity (Wildman–Crippen MR) is 129 cm³/mol. The van der Waals surface area contributed by atoms with Crippen LogP contribution in [-0.2, 0) is 19.1 Å². The zero-order chi connectivity index (χ0) is 24.6. The van der Waals surface area contributed by atoms with Crippen LogP contribution in [0.5, 0.6) is 0 Å². The largest absolute Gasteiger partial charge is 0.458 e. The van der Waals surface area contributed by atoms with Crippen LogP contribution in [0, 0.1) is 24.2 Å². The number of hydrogen-bond donors (Lipinski definition) is 2. The highest BCUT2D eigenvalue weighted by Gasteiger charge is 2.57. The Morgan fingerprint density at radius 3 is 2.59 bits per heavy atom. The first kappa shape index (κ1) is 25.5. The molecule has 2 N–H and O–H groups in total. The highest BCUT2D eigenvalue weighted by atomic mass is 32.1. The van der Waals surface area contributed by atoms with Crippen molar-refractivity contribution in [3.63, 3.8) is 0 Å². The molecular weight excluding hydrogens is 454 g/mol. The summed E-state index contributed by atoms with van der Waals surface area (Å²) in [5.74, 6) is -1.28. The topological polar surface area (TPSA) is 109 Å². The number of aromatic nitrogens is 1. The average molecular weight is 492 g/mol. The Morgan fingerprint density at radius 2 is 1.94 bits per heavy atom. The summed E-state index contributed by atoms with van der Waals surface area (Å²) in [4.78, 5) is 30.6. The lowest BCUT2D eigenvalue weighted by Crippen LogP contribution is -2.41. The predicted octanol–water partition coefficient (Wildman–Crippen LogP) is 3.84. The molecule has 34 heavy (non-hydrogen) atoms. The van der Waals surface area contributed by atoms with Gasteiger partial charge in [-0.1, -0.05) is 20.3 Å². The van der Waals surface area contributed by atoms with Gasteiger partial charge in [0.1, 0.15) is 11.9 Å². The maximum atomic E-state index is 13.2. The Labute approximate surface area is 205 Å². The highest BCUT2D eigenvalue weighted by molar-refractivity contribution is 7.09. The molecule has 0 amide bonds. The molecule has 0 bridgehead atoms. The van der Waals surface area contributed by atoms with Crippen LogP contribution in [0.1, 0.15) is 76.4 Å². The van der Waals surface area contributed by atoms with Crippen molar-refractivity contribution in [2.75, 3.05) is 0 Å². The van der Waals surface area contributed by atoms with Gasteiger partial charge in [-0.25, -0.2) is 4.98 Å². The number of aliphatic hydroxyl groups excluding tert-OH is 2. The average Bonchev–Trinajstić information content (AvgIpc) is 3.70. The number of cyclic esters (lactones) is 1. The summed E-state index contributed by atoms with van der Waals surface area (Å²) < 4.78 is 11.7. The van der Waals surface area contributed by atoms with Crippen LogP contribution < -0.4 is 0 Å². The molecule has 1 spiro atoms. The number of carbonyl (C=O) groups is 2. The van der Waals surface area contributed by atoms with Crippen LogP contribution in [0.2, 0.25) is 0 Å². The molecule has 7 nitrogen and oxygen atoms in total. The maximum Gasteiger partial charge on any atom is 0.309 e. The van der Waals surface area contributed by atoms with E-state index in [4.69, 9.17) is 9.47 Å². The summed E-state index contributed by atoms with van der Waals surface area (Å²) in [6, 6.07) is 0. The minimum atomic E-state index is -1.11. The monoisotopic (exact) mass is 491 g/mol. The van der Waals surface area contributed by atoms with Crippen LogP contribution in [0.25, 0.3) is 6.08 Å². The van der Waals surface area contributed by atoms with Gasteiger partial charge < -0.3 is 19.7 Å². The molecule has 2 aliphatic heterocycles. The zero-order valence-electron chi connectivity index (χ0n) is 20.5. The first-order valence-electron chi connectivity index (χ1n) is 12.5. The number of fused-ring (bicyclic) bond motifs is 1. The lowest BCUT2D eigenvalue weighted by molar-refractivity contribution is -0.152. The first-order chi connectivity index (χ1) is 16.1. The molecule has 1 aromatic rings. The molecule has 8 heteroatoms. The minimum Gasteiger partial charge on any atom is -0.458 e. The lowest BCUT2D eigenvalue weighted by Gasteiger charge is -2.29. The van der Waals surface area contributed by atoms with Gasteiger partial charge in [-0.3, -0.25) is 9.59 Å². The van der Waals surface area contributed by atoms with Crippen molar-refractivity contribution in [3.05, 3.63) is 21.7 Å². The van der Waals surface area contributed by atoms with E-state index < -0.39 is 35.6 Å². The van der Waals surface area contributed by atoms with Crippen LogP contribution in [0.3, 0.4) is 0 Å². The normalized spacial score (nSPS) is 37.2. The van der Waals surface area contributed by atoms with E-state index >= 15 is 0 Å². The number of nitrogens with zero attached hydrogens (tertiary/aromatic N) is 1. The summed E-state index contributed by atoms with van der Waals surface area (Å²) in [5, 5.41) is 24.6. The van der Waals surface area contributed by atoms with E-state index in [1.54, 1.807) is 18.3 Å².